The Bertz CT molecular complexity index is 875. The van der Waals surface area contributed by atoms with Gasteiger partial charge in [0.15, 0.2) is 0 Å². The molecule has 154 valence electrons. The lowest BCUT2D eigenvalue weighted by Crippen LogP contribution is -2.55. The van der Waals surface area contributed by atoms with Crippen molar-refractivity contribution in [2.45, 2.75) is 63.7 Å². The summed E-state index contributed by atoms with van der Waals surface area (Å²) in [5, 5.41) is 2.37. The van der Waals surface area contributed by atoms with Crippen LogP contribution in [0.1, 0.15) is 60.0 Å². The largest absolute Gasteiger partial charge is 0.327 e. The molecule has 2 saturated heterocycles. The maximum atomic E-state index is 13.2. The Morgan fingerprint density at radius 1 is 1.10 bits per heavy atom. The number of amides is 3. The Balaban J connectivity index is 1.30. The van der Waals surface area contributed by atoms with Crippen molar-refractivity contribution in [3.05, 3.63) is 34.9 Å². The predicted molar refractivity (Wildman–Crippen MR) is 107 cm³/mol. The molecule has 2 atom stereocenters. The van der Waals surface area contributed by atoms with Crippen molar-refractivity contribution in [1.82, 2.24) is 15.1 Å². The van der Waals surface area contributed by atoms with E-state index in [1.54, 1.807) is 4.90 Å². The fourth-order valence-electron chi connectivity index (χ4n) is 5.56. The van der Waals surface area contributed by atoms with E-state index in [1.807, 2.05) is 18.2 Å². The molecule has 1 aromatic carbocycles. The van der Waals surface area contributed by atoms with Crippen LogP contribution >= 0.6 is 0 Å². The number of fused-ring (bicyclic) bond motifs is 1. The molecule has 1 spiro atoms. The zero-order valence-electron chi connectivity index (χ0n) is 16.7. The number of imide groups is 1. The van der Waals surface area contributed by atoms with Gasteiger partial charge in [-0.05, 0) is 61.7 Å². The molecule has 7 nitrogen and oxygen atoms in total. The van der Waals surface area contributed by atoms with Crippen LogP contribution in [0.4, 0.5) is 0 Å². The lowest BCUT2D eigenvalue weighted by Gasteiger charge is -2.52. The normalized spacial score (nSPS) is 29.0. The van der Waals surface area contributed by atoms with Gasteiger partial charge in [-0.1, -0.05) is 18.2 Å². The molecule has 0 aromatic heterocycles. The summed E-state index contributed by atoms with van der Waals surface area (Å²) in [6.45, 7) is 3.22. The molecule has 1 aromatic rings. The number of benzene rings is 1. The number of nitrogens with two attached hydrogens (primary N) is 1. The molecule has 1 aliphatic carbocycles. The molecule has 29 heavy (non-hydrogen) atoms. The second kappa shape index (κ2) is 6.92. The van der Waals surface area contributed by atoms with Gasteiger partial charge in [0.1, 0.15) is 6.04 Å². The Hall–Kier alpha value is -2.25. The summed E-state index contributed by atoms with van der Waals surface area (Å²) in [4.78, 5) is 41.0. The van der Waals surface area contributed by atoms with Crippen LogP contribution in [-0.4, -0.2) is 52.7 Å². The first kappa shape index (κ1) is 18.8. The summed E-state index contributed by atoms with van der Waals surface area (Å²) in [5.74, 6) is -0.702. The van der Waals surface area contributed by atoms with Crippen LogP contribution in [0.3, 0.4) is 0 Å². The van der Waals surface area contributed by atoms with Gasteiger partial charge in [-0.2, -0.15) is 0 Å². The summed E-state index contributed by atoms with van der Waals surface area (Å²) in [7, 11) is 0. The van der Waals surface area contributed by atoms with E-state index in [1.165, 1.54) is 6.42 Å². The molecule has 0 radical (unpaired) electrons. The number of hydrogen-bond acceptors (Lipinski definition) is 5. The van der Waals surface area contributed by atoms with E-state index in [2.05, 4.69) is 10.2 Å². The minimum Gasteiger partial charge on any atom is -0.327 e. The molecular formula is C22H28N4O3. The third kappa shape index (κ3) is 3.07. The van der Waals surface area contributed by atoms with Gasteiger partial charge in [-0.25, -0.2) is 0 Å². The van der Waals surface area contributed by atoms with Crippen molar-refractivity contribution < 1.29 is 14.4 Å². The van der Waals surface area contributed by atoms with Gasteiger partial charge < -0.3 is 10.6 Å². The van der Waals surface area contributed by atoms with Gasteiger partial charge in [-0.3, -0.25) is 24.6 Å². The second-order valence-electron chi connectivity index (χ2n) is 9.13. The summed E-state index contributed by atoms with van der Waals surface area (Å²) in [6, 6.07) is 5.80. The van der Waals surface area contributed by atoms with Gasteiger partial charge in [0.2, 0.25) is 11.8 Å². The zero-order valence-corrected chi connectivity index (χ0v) is 16.7. The second-order valence-corrected chi connectivity index (χ2v) is 9.13. The van der Waals surface area contributed by atoms with Crippen molar-refractivity contribution in [3.8, 4) is 0 Å². The average molecular weight is 396 g/mol. The SMILES string of the molecule is NC1CCC12CCN(Cc1cccc3c1C(=O)N(C1CCC(=O)NC1=O)C3)CC2. The van der Waals surface area contributed by atoms with E-state index in [-0.39, 0.29) is 24.1 Å². The van der Waals surface area contributed by atoms with Gasteiger partial charge >= 0.3 is 0 Å². The van der Waals surface area contributed by atoms with E-state index < -0.39 is 6.04 Å². The average Bonchev–Trinajstić information content (AvgIpc) is 3.05. The van der Waals surface area contributed by atoms with Gasteiger partial charge in [0.25, 0.3) is 5.91 Å². The van der Waals surface area contributed by atoms with Crippen LogP contribution in [0, 0.1) is 5.41 Å². The monoisotopic (exact) mass is 396 g/mol. The molecule has 2 unspecified atom stereocenters. The number of rotatable bonds is 3. The van der Waals surface area contributed by atoms with Crippen molar-refractivity contribution in [2.75, 3.05) is 13.1 Å². The van der Waals surface area contributed by atoms with Crippen LogP contribution in [0.2, 0.25) is 0 Å². The van der Waals surface area contributed by atoms with Gasteiger partial charge in [0.05, 0.1) is 0 Å². The first-order valence-electron chi connectivity index (χ1n) is 10.7. The van der Waals surface area contributed by atoms with Crippen LogP contribution in [0.25, 0.3) is 0 Å². The highest BCUT2D eigenvalue weighted by Gasteiger charge is 2.46. The highest BCUT2D eigenvalue weighted by Crippen LogP contribution is 2.48. The number of nitrogens with one attached hydrogen (secondary N) is 1. The molecule has 1 saturated carbocycles. The van der Waals surface area contributed by atoms with Crippen molar-refractivity contribution in [3.63, 3.8) is 0 Å². The fraction of sp³-hybridized carbons (Fsp3) is 0.591. The standard InChI is InChI=1S/C22H28N4O3/c23-17-6-7-22(17)8-10-25(11-9-22)12-14-2-1-3-15-13-26(21(29)19(14)15)16-4-5-18(27)24-20(16)28/h1-3,16-17H,4-13,23H2,(H,24,27,28). The lowest BCUT2D eigenvalue weighted by molar-refractivity contribution is -0.136. The van der Waals surface area contributed by atoms with Crippen molar-refractivity contribution >= 4 is 17.7 Å². The number of carbonyl (C=O) groups is 3. The Morgan fingerprint density at radius 3 is 2.55 bits per heavy atom. The van der Waals surface area contributed by atoms with Crippen molar-refractivity contribution in [2.24, 2.45) is 11.1 Å². The molecule has 3 N–H and O–H groups in total. The van der Waals surface area contributed by atoms with Crippen LogP contribution in [-0.2, 0) is 22.7 Å². The van der Waals surface area contributed by atoms with Crippen LogP contribution in [0.5, 0.6) is 0 Å². The van der Waals surface area contributed by atoms with E-state index >= 15 is 0 Å². The van der Waals surface area contributed by atoms with E-state index in [0.717, 1.165) is 55.6 Å². The molecular weight excluding hydrogens is 368 g/mol. The third-order valence-corrected chi connectivity index (χ3v) is 7.62. The molecule has 0 bridgehead atoms. The van der Waals surface area contributed by atoms with E-state index in [4.69, 9.17) is 5.73 Å². The van der Waals surface area contributed by atoms with E-state index in [9.17, 15) is 14.4 Å². The fourth-order valence-corrected chi connectivity index (χ4v) is 5.56. The summed E-state index contributed by atoms with van der Waals surface area (Å²) < 4.78 is 0. The zero-order chi connectivity index (χ0) is 20.2. The number of nitrogens with zero attached hydrogens (tertiary/aromatic N) is 2. The highest BCUT2D eigenvalue weighted by molar-refractivity contribution is 6.05. The number of likely N-dealkylation sites (tertiary alicyclic amines) is 1. The molecule has 3 heterocycles. The maximum Gasteiger partial charge on any atom is 0.255 e. The minimum atomic E-state index is -0.560. The molecule has 5 rings (SSSR count). The summed E-state index contributed by atoms with van der Waals surface area (Å²) in [5.41, 5.74) is 9.38. The van der Waals surface area contributed by atoms with Gasteiger partial charge in [0, 0.05) is 31.1 Å². The highest BCUT2D eigenvalue weighted by atomic mass is 16.2. The first-order chi connectivity index (χ1) is 14.0. The summed E-state index contributed by atoms with van der Waals surface area (Å²) in [6.07, 6.45) is 5.35. The molecule has 3 aliphatic heterocycles. The number of hydrogen-bond donors (Lipinski definition) is 2. The lowest BCUT2D eigenvalue weighted by atomic mass is 9.60. The van der Waals surface area contributed by atoms with E-state index in [0.29, 0.717) is 24.4 Å². The minimum absolute atomic E-state index is 0.0837. The molecule has 4 aliphatic rings. The molecule has 7 heteroatoms. The Morgan fingerprint density at radius 2 is 1.90 bits per heavy atom. The van der Waals surface area contributed by atoms with Gasteiger partial charge in [-0.15, -0.1) is 0 Å². The number of carbonyl (C=O) groups excluding carboxylic acids is 3. The molecule has 3 amide bonds. The first-order valence-corrected chi connectivity index (χ1v) is 10.7. The third-order valence-electron chi connectivity index (χ3n) is 7.62. The predicted octanol–water partition coefficient (Wildman–Crippen LogP) is 1.15. The smallest absolute Gasteiger partial charge is 0.255 e. The van der Waals surface area contributed by atoms with Crippen LogP contribution < -0.4 is 11.1 Å². The van der Waals surface area contributed by atoms with Crippen molar-refractivity contribution in [1.29, 1.82) is 0 Å². The molecule has 3 fully saturated rings. The summed E-state index contributed by atoms with van der Waals surface area (Å²) >= 11 is 0. The maximum absolute atomic E-state index is 13.2. The Kier molecular flexibility index (Phi) is 4.47. The van der Waals surface area contributed by atoms with Crippen LogP contribution in [0.15, 0.2) is 18.2 Å². The Labute approximate surface area is 170 Å². The number of piperidine rings is 2. The topological polar surface area (TPSA) is 95.7 Å². The quantitative estimate of drug-likeness (QED) is 0.748.